The summed E-state index contributed by atoms with van der Waals surface area (Å²) in [4.78, 5) is 0.725. The van der Waals surface area contributed by atoms with Crippen molar-refractivity contribution in [3.05, 3.63) is 55.4 Å². The monoisotopic (exact) mass is 320 g/mol. The van der Waals surface area contributed by atoms with Gasteiger partial charge in [-0.25, -0.2) is 4.39 Å². The molecule has 1 aromatic carbocycles. The number of benzene rings is 1. The third-order valence-corrected chi connectivity index (χ3v) is 4.65. The normalized spacial score (nSPS) is 12.8. The van der Waals surface area contributed by atoms with Gasteiger partial charge in [0.2, 0.25) is 0 Å². The van der Waals surface area contributed by atoms with Gasteiger partial charge in [-0.15, -0.1) is 11.3 Å². The summed E-state index contributed by atoms with van der Waals surface area (Å²) in [7, 11) is 0. The second-order valence-electron chi connectivity index (χ2n) is 3.22. The molecule has 84 valence electrons. The van der Waals surface area contributed by atoms with Crippen molar-refractivity contribution in [2.45, 2.75) is 6.10 Å². The summed E-state index contributed by atoms with van der Waals surface area (Å²) in [6.07, 6.45) is -0.769. The number of thiophene rings is 1. The minimum atomic E-state index is -0.769. The van der Waals surface area contributed by atoms with Crippen LogP contribution in [-0.4, -0.2) is 5.11 Å². The number of aliphatic hydroxyl groups is 1. The molecule has 0 aliphatic carbocycles. The van der Waals surface area contributed by atoms with E-state index in [1.165, 1.54) is 23.5 Å². The van der Waals surface area contributed by atoms with Crippen LogP contribution in [0.25, 0.3) is 0 Å². The Labute approximate surface area is 110 Å². The molecule has 1 aromatic heterocycles. The molecule has 2 rings (SSSR count). The standard InChI is InChI=1S/C11H7BrClFOS/c12-11-8(13)5-9(16-11)10(15)6-1-3-7(14)4-2-6/h1-5,10,15H. The van der Waals surface area contributed by atoms with Crippen molar-refractivity contribution in [2.75, 3.05) is 0 Å². The minimum Gasteiger partial charge on any atom is -0.383 e. The topological polar surface area (TPSA) is 20.2 Å². The summed E-state index contributed by atoms with van der Waals surface area (Å²) in [5, 5.41) is 10.6. The van der Waals surface area contributed by atoms with Crippen LogP contribution in [0.4, 0.5) is 4.39 Å². The molecular weight excluding hydrogens is 315 g/mol. The smallest absolute Gasteiger partial charge is 0.123 e. The van der Waals surface area contributed by atoms with E-state index in [1.54, 1.807) is 18.2 Å². The molecule has 0 saturated heterocycles. The van der Waals surface area contributed by atoms with Crippen LogP contribution in [-0.2, 0) is 0 Å². The SMILES string of the molecule is OC(c1ccc(F)cc1)c1cc(Cl)c(Br)s1. The zero-order chi connectivity index (χ0) is 11.7. The third-order valence-electron chi connectivity index (χ3n) is 2.12. The zero-order valence-corrected chi connectivity index (χ0v) is 11.1. The number of aliphatic hydroxyl groups excluding tert-OH is 1. The van der Waals surface area contributed by atoms with Gasteiger partial charge in [0.05, 0.1) is 8.81 Å². The van der Waals surface area contributed by atoms with Crippen molar-refractivity contribution in [1.82, 2.24) is 0 Å². The Bertz CT molecular complexity index is 478. The summed E-state index contributed by atoms with van der Waals surface area (Å²) >= 11 is 10.5. The summed E-state index contributed by atoms with van der Waals surface area (Å²) in [5.41, 5.74) is 0.645. The van der Waals surface area contributed by atoms with E-state index in [-0.39, 0.29) is 5.82 Å². The highest BCUT2D eigenvalue weighted by Gasteiger charge is 2.15. The average molecular weight is 322 g/mol. The molecule has 0 bridgehead atoms. The summed E-state index contributed by atoms with van der Waals surface area (Å²) < 4.78 is 13.5. The van der Waals surface area contributed by atoms with Gasteiger partial charge in [0.25, 0.3) is 0 Å². The van der Waals surface area contributed by atoms with E-state index in [4.69, 9.17) is 11.6 Å². The van der Waals surface area contributed by atoms with E-state index < -0.39 is 6.10 Å². The van der Waals surface area contributed by atoms with Gasteiger partial charge >= 0.3 is 0 Å². The van der Waals surface area contributed by atoms with Gasteiger partial charge in [0.1, 0.15) is 11.9 Å². The molecule has 0 spiro atoms. The van der Waals surface area contributed by atoms with Crippen molar-refractivity contribution in [2.24, 2.45) is 0 Å². The fourth-order valence-electron chi connectivity index (χ4n) is 1.31. The fraction of sp³-hybridized carbons (Fsp3) is 0.0909. The van der Waals surface area contributed by atoms with E-state index in [9.17, 15) is 9.50 Å². The molecule has 0 saturated carbocycles. The fourth-order valence-corrected chi connectivity index (χ4v) is 3.07. The third kappa shape index (κ3) is 2.46. The largest absolute Gasteiger partial charge is 0.383 e. The highest BCUT2D eigenvalue weighted by atomic mass is 79.9. The van der Waals surface area contributed by atoms with Crippen LogP contribution in [0, 0.1) is 5.82 Å². The van der Waals surface area contributed by atoms with Gasteiger partial charge in [0, 0.05) is 4.88 Å². The maximum Gasteiger partial charge on any atom is 0.123 e. The van der Waals surface area contributed by atoms with Crippen molar-refractivity contribution in [1.29, 1.82) is 0 Å². The molecule has 0 radical (unpaired) electrons. The van der Waals surface area contributed by atoms with Crippen LogP contribution in [0.1, 0.15) is 16.5 Å². The van der Waals surface area contributed by atoms with Crippen LogP contribution in [0.2, 0.25) is 5.02 Å². The number of hydrogen-bond donors (Lipinski definition) is 1. The van der Waals surface area contributed by atoms with Crippen molar-refractivity contribution in [3.8, 4) is 0 Å². The zero-order valence-electron chi connectivity index (χ0n) is 7.95. The van der Waals surface area contributed by atoms with E-state index >= 15 is 0 Å². The van der Waals surface area contributed by atoms with Gasteiger partial charge in [0.15, 0.2) is 0 Å². The number of halogens is 3. The number of rotatable bonds is 2. The van der Waals surface area contributed by atoms with Crippen LogP contribution >= 0.6 is 38.9 Å². The molecule has 2 aromatic rings. The number of hydrogen-bond acceptors (Lipinski definition) is 2. The predicted molar refractivity (Wildman–Crippen MR) is 67.5 cm³/mol. The van der Waals surface area contributed by atoms with E-state index in [0.717, 1.165) is 8.66 Å². The maximum absolute atomic E-state index is 12.7. The van der Waals surface area contributed by atoms with Crippen LogP contribution in [0.15, 0.2) is 34.1 Å². The lowest BCUT2D eigenvalue weighted by molar-refractivity contribution is 0.224. The molecule has 1 N–H and O–H groups in total. The Balaban J connectivity index is 2.31. The molecule has 1 heterocycles. The Morgan fingerprint density at radius 3 is 2.44 bits per heavy atom. The molecule has 1 atom stereocenters. The second-order valence-corrected chi connectivity index (χ2v) is 6.03. The van der Waals surface area contributed by atoms with Crippen LogP contribution in [0.3, 0.4) is 0 Å². The van der Waals surface area contributed by atoms with E-state index in [1.807, 2.05) is 0 Å². The lowest BCUT2D eigenvalue weighted by atomic mass is 10.1. The summed E-state index contributed by atoms with van der Waals surface area (Å²) in [5.74, 6) is -0.318. The van der Waals surface area contributed by atoms with Crippen LogP contribution in [0.5, 0.6) is 0 Å². The molecule has 0 fully saturated rings. The molecule has 0 aliphatic rings. The van der Waals surface area contributed by atoms with Crippen molar-refractivity contribution in [3.63, 3.8) is 0 Å². The van der Waals surface area contributed by atoms with Gasteiger partial charge in [-0.1, -0.05) is 23.7 Å². The minimum absolute atomic E-state index is 0.318. The Kier molecular flexibility index (Phi) is 3.64. The molecule has 5 heteroatoms. The van der Waals surface area contributed by atoms with Crippen LogP contribution < -0.4 is 0 Å². The van der Waals surface area contributed by atoms with Gasteiger partial charge in [-0.3, -0.25) is 0 Å². The maximum atomic E-state index is 12.7. The molecule has 1 nitrogen and oxygen atoms in total. The highest BCUT2D eigenvalue weighted by molar-refractivity contribution is 9.11. The quantitative estimate of drug-likeness (QED) is 0.870. The first-order valence-corrected chi connectivity index (χ1v) is 6.45. The van der Waals surface area contributed by atoms with Gasteiger partial charge in [-0.2, -0.15) is 0 Å². The Morgan fingerprint density at radius 2 is 1.94 bits per heavy atom. The Morgan fingerprint density at radius 1 is 1.31 bits per heavy atom. The van der Waals surface area contributed by atoms with E-state index in [2.05, 4.69) is 15.9 Å². The first-order valence-electron chi connectivity index (χ1n) is 4.46. The molecular formula is C11H7BrClFOS. The summed E-state index contributed by atoms with van der Waals surface area (Å²) in [6.45, 7) is 0. The van der Waals surface area contributed by atoms with Crippen molar-refractivity contribution < 1.29 is 9.50 Å². The van der Waals surface area contributed by atoms with Gasteiger partial charge in [-0.05, 0) is 39.7 Å². The second kappa shape index (κ2) is 4.84. The lowest BCUT2D eigenvalue weighted by Crippen LogP contribution is -1.96. The first kappa shape index (κ1) is 12.0. The molecule has 0 amide bonds. The highest BCUT2D eigenvalue weighted by Crippen LogP contribution is 2.37. The lowest BCUT2D eigenvalue weighted by Gasteiger charge is -2.08. The van der Waals surface area contributed by atoms with E-state index in [0.29, 0.717) is 10.6 Å². The molecule has 1 unspecified atom stereocenters. The predicted octanol–water partition coefficient (Wildman–Crippen LogP) is 4.38. The Hall–Kier alpha value is -0.420. The average Bonchev–Trinajstić information content (AvgIpc) is 2.59. The molecule has 0 aliphatic heterocycles. The van der Waals surface area contributed by atoms with Gasteiger partial charge < -0.3 is 5.11 Å². The first-order chi connectivity index (χ1) is 7.58. The molecule has 16 heavy (non-hydrogen) atoms. The summed E-state index contributed by atoms with van der Waals surface area (Å²) in [6, 6.07) is 7.46. The van der Waals surface area contributed by atoms with Crippen molar-refractivity contribution >= 4 is 38.9 Å².